The predicted molar refractivity (Wildman–Crippen MR) is 80.3 cm³/mol. The summed E-state index contributed by atoms with van der Waals surface area (Å²) >= 11 is 6.06. The average molecular weight is 333 g/mol. The van der Waals surface area contributed by atoms with Gasteiger partial charge >= 0.3 is 0 Å². The molecule has 0 bridgehead atoms. The lowest BCUT2D eigenvalue weighted by molar-refractivity contribution is -0.118. The number of carbonyl (C=O) groups excluding carboxylic acids is 1. The Hall–Kier alpha value is -1.31. The Morgan fingerprint density at radius 3 is 2.81 bits per heavy atom. The van der Waals surface area contributed by atoms with E-state index in [1.807, 2.05) is 6.92 Å². The molecule has 1 aromatic rings. The smallest absolute Gasteiger partial charge is 0.262 e. The van der Waals surface area contributed by atoms with Crippen LogP contribution in [0.4, 0.5) is 5.69 Å². The van der Waals surface area contributed by atoms with Gasteiger partial charge in [-0.05, 0) is 12.5 Å². The Kier molecular flexibility index (Phi) is 4.75. The van der Waals surface area contributed by atoms with Crippen LogP contribution in [0.2, 0.25) is 5.02 Å². The molecule has 1 aromatic carbocycles. The van der Waals surface area contributed by atoms with Crippen molar-refractivity contribution < 1.29 is 17.9 Å². The number of rotatable bonds is 5. The van der Waals surface area contributed by atoms with Crippen molar-refractivity contribution in [1.82, 2.24) is 4.31 Å². The molecule has 0 atom stereocenters. The SMILES string of the molecule is CCCCN(C)S(=O)(=O)c1cc2c(cc1Cl)NC(=O)CO2. The van der Waals surface area contributed by atoms with Crippen LogP contribution in [-0.4, -0.2) is 38.8 Å². The molecule has 1 heterocycles. The molecule has 1 N–H and O–H groups in total. The van der Waals surface area contributed by atoms with Crippen LogP contribution in [0.5, 0.6) is 5.75 Å². The highest BCUT2D eigenvalue weighted by atomic mass is 35.5. The first kappa shape index (κ1) is 16.1. The molecule has 0 aromatic heterocycles. The number of nitrogens with one attached hydrogen (secondary N) is 1. The van der Waals surface area contributed by atoms with Crippen LogP contribution in [0.1, 0.15) is 19.8 Å². The minimum Gasteiger partial charge on any atom is -0.482 e. The molecule has 0 spiro atoms. The second kappa shape index (κ2) is 6.21. The molecule has 0 radical (unpaired) electrons. The van der Waals surface area contributed by atoms with Crippen LogP contribution < -0.4 is 10.1 Å². The fraction of sp³-hybridized carbons (Fsp3) is 0.462. The Morgan fingerprint density at radius 1 is 1.43 bits per heavy atom. The van der Waals surface area contributed by atoms with E-state index in [2.05, 4.69) is 5.32 Å². The van der Waals surface area contributed by atoms with E-state index in [9.17, 15) is 13.2 Å². The van der Waals surface area contributed by atoms with Crippen molar-refractivity contribution in [1.29, 1.82) is 0 Å². The van der Waals surface area contributed by atoms with Gasteiger partial charge in [0.1, 0.15) is 10.6 Å². The summed E-state index contributed by atoms with van der Waals surface area (Å²) in [4.78, 5) is 11.2. The van der Waals surface area contributed by atoms with E-state index in [1.165, 1.54) is 23.5 Å². The summed E-state index contributed by atoms with van der Waals surface area (Å²) in [5.41, 5.74) is 0.381. The van der Waals surface area contributed by atoms with Gasteiger partial charge in [0.2, 0.25) is 10.0 Å². The fourth-order valence-electron chi connectivity index (χ4n) is 1.95. The minimum atomic E-state index is -3.68. The summed E-state index contributed by atoms with van der Waals surface area (Å²) < 4.78 is 31.5. The number of anilines is 1. The first-order valence-electron chi connectivity index (χ1n) is 6.58. The predicted octanol–water partition coefficient (Wildman–Crippen LogP) is 2.09. The van der Waals surface area contributed by atoms with Crippen LogP contribution in [-0.2, 0) is 14.8 Å². The molecule has 0 fully saturated rings. The van der Waals surface area contributed by atoms with E-state index in [0.717, 1.165) is 12.8 Å². The van der Waals surface area contributed by atoms with Gasteiger partial charge in [-0.2, -0.15) is 0 Å². The maximum atomic E-state index is 12.5. The molecule has 1 amide bonds. The number of hydrogen-bond donors (Lipinski definition) is 1. The van der Waals surface area contributed by atoms with Crippen LogP contribution in [0, 0.1) is 0 Å². The van der Waals surface area contributed by atoms with Gasteiger partial charge in [-0.15, -0.1) is 0 Å². The van der Waals surface area contributed by atoms with Crippen molar-refractivity contribution >= 4 is 33.2 Å². The molecule has 1 aliphatic heterocycles. The quantitative estimate of drug-likeness (QED) is 0.895. The number of halogens is 1. The molecule has 0 saturated heterocycles. The highest BCUT2D eigenvalue weighted by molar-refractivity contribution is 7.89. The summed E-state index contributed by atoms with van der Waals surface area (Å²) in [5.74, 6) is 0.00991. The number of hydrogen-bond acceptors (Lipinski definition) is 4. The number of unbranched alkanes of at least 4 members (excludes halogenated alkanes) is 1. The number of benzene rings is 1. The van der Waals surface area contributed by atoms with Crippen molar-refractivity contribution in [2.45, 2.75) is 24.7 Å². The lowest BCUT2D eigenvalue weighted by Crippen LogP contribution is -2.29. The average Bonchev–Trinajstić information content (AvgIpc) is 2.43. The number of ether oxygens (including phenoxy) is 1. The van der Waals surface area contributed by atoms with Gasteiger partial charge in [0.15, 0.2) is 6.61 Å². The summed E-state index contributed by atoms with van der Waals surface area (Å²) in [5, 5.41) is 2.64. The molecule has 2 rings (SSSR count). The topological polar surface area (TPSA) is 75.7 Å². The van der Waals surface area contributed by atoms with Crippen molar-refractivity contribution in [2.24, 2.45) is 0 Å². The first-order valence-corrected chi connectivity index (χ1v) is 8.40. The number of nitrogens with zero attached hydrogens (tertiary/aromatic N) is 1. The van der Waals surface area contributed by atoms with Crippen LogP contribution in [0.25, 0.3) is 0 Å². The van der Waals surface area contributed by atoms with Gasteiger partial charge in [-0.3, -0.25) is 4.79 Å². The van der Waals surface area contributed by atoms with Gasteiger partial charge in [0.05, 0.1) is 10.7 Å². The van der Waals surface area contributed by atoms with E-state index in [4.69, 9.17) is 16.3 Å². The van der Waals surface area contributed by atoms with E-state index in [1.54, 1.807) is 0 Å². The van der Waals surface area contributed by atoms with E-state index < -0.39 is 10.0 Å². The number of fused-ring (bicyclic) bond motifs is 1. The third-order valence-corrected chi connectivity index (χ3v) is 5.50. The Bertz CT molecular complexity index is 660. The zero-order valence-corrected chi connectivity index (χ0v) is 13.4. The summed E-state index contributed by atoms with van der Waals surface area (Å²) in [6, 6.07) is 2.75. The van der Waals surface area contributed by atoms with E-state index >= 15 is 0 Å². The van der Waals surface area contributed by atoms with Crippen molar-refractivity contribution in [3.63, 3.8) is 0 Å². The van der Waals surface area contributed by atoms with E-state index in [-0.39, 0.29) is 22.4 Å². The second-order valence-electron chi connectivity index (χ2n) is 4.80. The van der Waals surface area contributed by atoms with E-state index in [0.29, 0.717) is 18.0 Å². The lowest BCUT2D eigenvalue weighted by Gasteiger charge is -2.22. The number of amides is 1. The Labute approximate surface area is 129 Å². The van der Waals surface area contributed by atoms with Crippen molar-refractivity contribution in [3.8, 4) is 5.75 Å². The van der Waals surface area contributed by atoms with Crippen LogP contribution >= 0.6 is 11.6 Å². The third kappa shape index (κ3) is 3.30. The maximum absolute atomic E-state index is 12.5. The normalized spacial score (nSPS) is 14.6. The molecular formula is C13H17ClN2O4S. The third-order valence-electron chi connectivity index (χ3n) is 3.18. The van der Waals surface area contributed by atoms with Crippen molar-refractivity contribution in [3.05, 3.63) is 17.2 Å². The van der Waals surface area contributed by atoms with Gasteiger partial charge in [-0.25, -0.2) is 12.7 Å². The van der Waals surface area contributed by atoms with Gasteiger partial charge in [-0.1, -0.05) is 24.9 Å². The molecule has 116 valence electrons. The molecule has 0 unspecified atom stereocenters. The molecule has 1 aliphatic rings. The van der Waals surface area contributed by atoms with Crippen molar-refractivity contribution in [2.75, 3.05) is 25.5 Å². The highest BCUT2D eigenvalue weighted by Crippen LogP contribution is 2.36. The highest BCUT2D eigenvalue weighted by Gasteiger charge is 2.27. The standard InChI is InChI=1S/C13H17ClN2O4S/c1-3-4-5-16(2)21(18,19)12-7-11-10(6-9(12)14)15-13(17)8-20-11/h6-7H,3-5,8H2,1-2H3,(H,15,17). The molecule has 8 heteroatoms. The zero-order chi connectivity index (χ0) is 15.6. The Balaban J connectivity index is 2.38. The zero-order valence-electron chi connectivity index (χ0n) is 11.8. The summed E-state index contributed by atoms with van der Waals surface area (Å²) in [6.45, 7) is 2.27. The molecule has 6 nitrogen and oxygen atoms in total. The number of carbonyl (C=O) groups is 1. The van der Waals surface area contributed by atoms with Gasteiger partial charge in [0.25, 0.3) is 5.91 Å². The van der Waals surface area contributed by atoms with Crippen LogP contribution in [0.15, 0.2) is 17.0 Å². The first-order chi connectivity index (χ1) is 9.86. The largest absolute Gasteiger partial charge is 0.482 e. The molecule has 0 aliphatic carbocycles. The second-order valence-corrected chi connectivity index (χ2v) is 7.22. The minimum absolute atomic E-state index is 0.0160. The molecular weight excluding hydrogens is 316 g/mol. The molecule has 0 saturated carbocycles. The van der Waals surface area contributed by atoms with Crippen LogP contribution in [0.3, 0.4) is 0 Å². The number of sulfonamides is 1. The maximum Gasteiger partial charge on any atom is 0.262 e. The monoisotopic (exact) mass is 332 g/mol. The Morgan fingerprint density at radius 2 is 2.14 bits per heavy atom. The molecule has 21 heavy (non-hydrogen) atoms. The summed E-state index contributed by atoms with van der Waals surface area (Å²) in [6.07, 6.45) is 1.66. The lowest BCUT2D eigenvalue weighted by atomic mass is 10.2. The summed E-state index contributed by atoms with van der Waals surface area (Å²) in [7, 11) is -2.16. The fourth-order valence-corrected chi connectivity index (χ4v) is 3.67. The van der Waals surface area contributed by atoms with Gasteiger partial charge in [0, 0.05) is 19.7 Å². The van der Waals surface area contributed by atoms with Gasteiger partial charge < -0.3 is 10.1 Å².